The molecule has 0 amide bonds. The molecule has 0 fully saturated rings. The van der Waals surface area contributed by atoms with Gasteiger partial charge in [0.1, 0.15) is 6.10 Å². The van der Waals surface area contributed by atoms with E-state index in [4.69, 9.17) is 10.00 Å². The minimum absolute atomic E-state index is 0.311. The van der Waals surface area contributed by atoms with Gasteiger partial charge in [-0.15, -0.1) is 0 Å². The highest BCUT2D eigenvalue weighted by atomic mass is 16.5. The van der Waals surface area contributed by atoms with Crippen molar-refractivity contribution in [3.05, 3.63) is 12.2 Å². The molecule has 0 saturated heterocycles. The van der Waals surface area contributed by atoms with E-state index in [0.717, 1.165) is 0 Å². The normalized spacial score (nSPS) is 11.1. The molecule has 1 N–H and O–H groups in total. The second kappa shape index (κ2) is 5.19. The van der Waals surface area contributed by atoms with Crippen LogP contribution in [0.15, 0.2) is 12.2 Å². The standard InChI is InChI=1S/C8H12N2O2/c1-6(2)8(11)12-7(3)4-10-5-9/h7,10H,1,4H2,2-3H3. The molecule has 0 rings (SSSR count). The van der Waals surface area contributed by atoms with Crippen molar-refractivity contribution in [1.29, 1.82) is 5.26 Å². The Bertz CT molecular complexity index is 218. The van der Waals surface area contributed by atoms with Gasteiger partial charge in [-0.1, -0.05) is 6.58 Å². The molecule has 1 unspecified atom stereocenters. The Morgan fingerprint density at radius 3 is 2.83 bits per heavy atom. The highest BCUT2D eigenvalue weighted by Gasteiger charge is 2.08. The molecule has 4 heteroatoms. The maximum atomic E-state index is 10.9. The molecule has 12 heavy (non-hydrogen) atoms. The zero-order valence-corrected chi connectivity index (χ0v) is 7.26. The van der Waals surface area contributed by atoms with Crippen LogP contribution in [0.2, 0.25) is 0 Å². The fourth-order valence-electron chi connectivity index (χ4n) is 0.514. The van der Waals surface area contributed by atoms with E-state index >= 15 is 0 Å². The predicted octanol–water partition coefficient (Wildman–Crippen LogP) is 0.565. The van der Waals surface area contributed by atoms with E-state index in [-0.39, 0.29) is 6.10 Å². The minimum Gasteiger partial charge on any atom is -0.457 e. The van der Waals surface area contributed by atoms with Gasteiger partial charge in [0.2, 0.25) is 0 Å². The lowest BCUT2D eigenvalue weighted by Gasteiger charge is -2.11. The van der Waals surface area contributed by atoms with Gasteiger partial charge in [0.25, 0.3) is 0 Å². The molecule has 0 bridgehead atoms. The van der Waals surface area contributed by atoms with Crippen LogP contribution in [0, 0.1) is 11.5 Å². The SMILES string of the molecule is C=C(C)C(=O)OC(C)CNC#N. The molecule has 0 aliphatic heterocycles. The summed E-state index contributed by atoms with van der Waals surface area (Å²) < 4.78 is 4.86. The van der Waals surface area contributed by atoms with Crippen LogP contribution in [0.1, 0.15) is 13.8 Å². The lowest BCUT2D eigenvalue weighted by atomic mass is 10.3. The van der Waals surface area contributed by atoms with Crippen LogP contribution < -0.4 is 5.32 Å². The van der Waals surface area contributed by atoms with E-state index in [1.54, 1.807) is 20.0 Å². The van der Waals surface area contributed by atoms with Crippen LogP contribution in [0.4, 0.5) is 0 Å². The summed E-state index contributed by atoms with van der Waals surface area (Å²) in [6, 6.07) is 0. The van der Waals surface area contributed by atoms with Gasteiger partial charge in [-0.25, -0.2) is 4.79 Å². The van der Waals surface area contributed by atoms with Gasteiger partial charge in [-0.05, 0) is 13.8 Å². The molecule has 0 aliphatic rings. The number of hydrogen-bond acceptors (Lipinski definition) is 4. The first-order valence-electron chi connectivity index (χ1n) is 3.56. The molecule has 0 spiro atoms. The fourth-order valence-corrected chi connectivity index (χ4v) is 0.514. The summed E-state index contributed by atoms with van der Waals surface area (Å²) in [6.07, 6.45) is 1.43. The third kappa shape index (κ3) is 4.34. The number of ether oxygens (including phenoxy) is 1. The molecule has 0 aromatic carbocycles. The van der Waals surface area contributed by atoms with Crippen molar-refractivity contribution in [3.8, 4) is 6.19 Å². The van der Waals surface area contributed by atoms with Crippen molar-refractivity contribution in [2.24, 2.45) is 0 Å². The van der Waals surface area contributed by atoms with Crippen molar-refractivity contribution in [2.75, 3.05) is 6.54 Å². The topological polar surface area (TPSA) is 62.1 Å². The van der Waals surface area contributed by atoms with Crippen LogP contribution in [0.3, 0.4) is 0 Å². The summed E-state index contributed by atoms with van der Waals surface area (Å²) >= 11 is 0. The molecule has 0 radical (unpaired) electrons. The number of nitrogens with one attached hydrogen (secondary N) is 1. The molecule has 4 nitrogen and oxygen atoms in total. The van der Waals surface area contributed by atoms with Crippen molar-refractivity contribution in [1.82, 2.24) is 5.32 Å². The van der Waals surface area contributed by atoms with E-state index in [1.165, 1.54) is 0 Å². The van der Waals surface area contributed by atoms with Gasteiger partial charge >= 0.3 is 5.97 Å². The molecule has 1 atom stereocenters. The highest BCUT2D eigenvalue weighted by molar-refractivity contribution is 5.87. The number of nitrogens with zero attached hydrogens (tertiary/aromatic N) is 1. The number of carbonyl (C=O) groups is 1. The van der Waals surface area contributed by atoms with Crippen LogP contribution in [0.25, 0.3) is 0 Å². The predicted molar refractivity (Wildman–Crippen MR) is 44.0 cm³/mol. The molecule has 0 heterocycles. The van der Waals surface area contributed by atoms with Crippen molar-refractivity contribution >= 4 is 5.97 Å². The number of hydrogen-bond donors (Lipinski definition) is 1. The maximum Gasteiger partial charge on any atom is 0.333 e. The van der Waals surface area contributed by atoms with Gasteiger partial charge in [0, 0.05) is 5.57 Å². The molecule has 0 saturated carbocycles. The molecular formula is C8H12N2O2. The van der Waals surface area contributed by atoms with Gasteiger partial charge in [-0.2, -0.15) is 5.26 Å². The quantitative estimate of drug-likeness (QED) is 0.288. The Morgan fingerprint density at radius 2 is 2.42 bits per heavy atom. The van der Waals surface area contributed by atoms with E-state index in [9.17, 15) is 4.79 Å². The molecular weight excluding hydrogens is 156 g/mol. The average Bonchev–Trinajstić information content (AvgIpc) is 2.00. The zero-order chi connectivity index (χ0) is 9.56. The van der Waals surface area contributed by atoms with Crippen LogP contribution in [-0.2, 0) is 9.53 Å². The second-order valence-electron chi connectivity index (χ2n) is 2.49. The fraction of sp³-hybridized carbons (Fsp3) is 0.500. The Kier molecular flexibility index (Phi) is 4.54. The number of carbonyl (C=O) groups excluding carboxylic acids is 1. The van der Waals surface area contributed by atoms with Gasteiger partial charge in [-0.3, -0.25) is 0 Å². The Morgan fingerprint density at radius 1 is 1.83 bits per heavy atom. The Labute approximate surface area is 71.8 Å². The first kappa shape index (κ1) is 10.5. The minimum atomic E-state index is -0.428. The van der Waals surface area contributed by atoms with Crippen LogP contribution in [0.5, 0.6) is 0 Å². The van der Waals surface area contributed by atoms with Crippen molar-refractivity contribution < 1.29 is 9.53 Å². The number of rotatable bonds is 4. The van der Waals surface area contributed by atoms with E-state index in [0.29, 0.717) is 12.1 Å². The third-order valence-electron chi connectivity index (χ3n) is 1.13. The van der Waals surface area contributed by atoms with E-state index in [1.807, 2.05) is 0 Å². The van der Waals surface area contributed by atoms with Gasteiger partial charge < -0.3 is 10.1 Å². The Hall–Kier alpha value is -1.50. The summed E-state index contributed by atoms with van der Waals surface area (Å²) in [4.78, 5) is 10.9. The lowest BCUT2D eigenvalue weighted by molar-refractivity contribution is -0.143. The van der Waals surface area contributed by atoms with Crippen molar-refractivity contribution in [3.63, 3.8) is 0 Å². The average molecular weight is 168 g/mol. The first-order chi connectivity index (χ1) is 5.57. The Balaban J connectivity index is 3.70. The van der Waals surface area contributed by atoms with Gasteiger partial charge in [0.05, 0.1) is 6.54 Å². The largest absolute Gasteiger partial charge is 0.457 e. The summed E-state index contributed by atoms with van der Waals surface area (Å²) in [5, 5.41) is 10.5. The molecule has 0 aromatic heterocycles. The second-order valence-corrected chi connectivity index (χ2v) is 2.49. The number of nitriles is 1. The summed E-state index contributed by atoms with van der Waals surface area (Å²) in [5.41, 5.74) is 0.360. The monoisotopic (exact) mass is 168 g/mol. The number of esters is 1. The van der Waals surface area contributed by atoms with Gasteiger partial charge in [0.15, 0.2) is 6.19 Å². The molecule has 0 aromatic rings. The summed E-state index contributed by atoms with van der Waals surface area (Å²) in [6.45, 7) is 7.03. The summed E-state index contributed by atoms with van der Waals surface area (Å²) in [7, 11) is 0. The zero-order valence-electron chi connectivity index (χ0n) is 7.26. The van der Waals surface area contributed by atoms with E-state index in [2.05, 4.69) is 11.9 Å². The van der Waals surface area contributed by atoms with E-state index < -0.39 is 5.97 Å². The first-order valence-corrected chi connectivity index (χ1v) is 3.56. The highest BCUT2D eigenvalue weighted by Crippen LogP contribution is 1.96. The summed E-state index contributed by atoms with van der Waals surface area (Å²) in [5.74, 6) is -0.428. The third-order valence-corrected chi connectivity index (χ3v) is 1.13. The molecule has 66 valence electrons. The van der Waals surface area contributed by atoms with Crippen LogP contribution in [-0.4, -0.2) is 18.6 Å². The smallest absolute Gasteiger partial charge is 0.333 e. The van der Waals surface area contributed by atoms with Crippen molar-refractivity contribution in [2.45, 2.75) is 20.0 Å². The van der Waals surface area contributed by atoms with Crippen LogP contribution >= 0.6 is 0 Å². The maximum absolute atomic E-state index is 10.9. The molecule has 0 aliphatic carbocycles. The lowest BCUT2D eigenvalue weighted by Crippen LogP contribution is -2.26.